The first-order valence-corrected chi connectivity index (χ1v) is 8.82. The summed E-state index contributed by atoms with van der Waals surface area (Å²) in [6.45, 7) is 3.85. The summed E-state index contributed by atoms with van der Waals surface area (Å²) in [4.78, 5) is 24.5. The largest absolute Gasteiger partial charge is 0.493 e. The van der Waals surface area contributed by atoms with E-state index >= 15 is 0 Å². The van der Waals surface area contributed by atoms with Gasteiger partial charge in [-0.1, -0.05) is 15.9 Å². The average molecular weight is 422 g/mol. The normalized spacial score (nSPS) is 11.4. The van der Waals surface area contributed by atoms with Crippen LogP contribution < -0.4 is 14.8 Å². The van der Waals surface area contributed by atoms with E-state index in [1.165, 1.54) is 20.1 Å². The number of anilines is 1. The second-order valence-corrected chi connectivity index (χ2v) is 6.26. The number of ether oxygens (including phenoxy) is 3. The fraction of sp³-hybridized carbons (Fsp3) is 0.263. The molecule has 26 heavy (non-hydrogen) atoms. The summed E-state index contributed by atoms with van der Waals surface area (Å²) in [5, 5.41) is 2.69. The van der Waals surface area contributed by atoms with E-state index in [9.17, 15) is 9.59 Å². The molecule has 1 unspecified atom stereocenters. The summed E-state index contributed by atoms with van der Waals surface area (Å²) in [6, 6.07) is 11.8. The predicted molar refractivity (Wildman–Crippen MR) is 102 cm³/mol. The lowest BCUT2D eigenvalue weighted by Crippen LogP contribution is -2.30. The molecule has 0 saturated carbocycles. The van der Waals surface area contributed by atoms with Gasteiger partial charge in [-0.05, 0) is 56.3 Å². The monoisotopic (exact) mass is 421 g/mol. The Balaban J connectivity index is 2.01. The van der Waals surface area contributed by atoms with Crippen LogP contribution >= 0.6 is 15.9 Å². The molecule has 2 aromatic rings. The Morgan fingerprint density at radius 2 is 1.81 bits per heavy atom. The molecule has 1 N–H and O–H groups in total. The molecule has 0 bridgehead atoms. The first-order chi connectivity index (χ1) is 12.4. The van der Waals surface area contributed by atoms with Crippen molar-refractivity contribution in [1.29, 1.82) is 0 Å². The highest BCUT2D eigenvalue weighted by Crippen LogP contribution is 2.28. The van der Waals surface area contributed by atoms with E-state index in [0.717, 1.165) is 4.47 Å². The molecule has 0 heterocycles. The molecule has 2 aromatic carbocycles. The van der Waals surface area contributed by atoms with Gasteiger partial charge in [0.2, 0.25) is 0 Å². The Morgan fingerprint density at radius 3 is 2.42 bits per heavy atom. The van der Waals surface area contributed by atoms with E-state index in [-0.39, 0.29) is 5.56 Å². The van der Waals surface area contributed by atoms with E-state index in [2.05, 4.69) is 21.2 Å². The minimum atomic E-state index is -0.955. The van der Waals surface area contributed by atoms with Crippen LogP contribution in [0.25, 0.3) is 0 Å². The van der Waals surface area contributed by atoms with Crippen molar-refractivity contribution < 1.29 is 23.8 Å². The van der Waals surface area contributed by atoms with Crippen molar-refractivity contribution in [3.8, 4) is 11.5 Å². The first-order valence-electron chi connectivity index (χ1n) is 8.02. The molecular weight excluding hydrogens is 402 g/mol. The van der Waals surface area contributed by atoms with E-state index < -0.39 is 18.0 Å². The van der Waals surface area contributed by atoms with Gasteiger partial charge in [0.1, 0.15) is 0 Å². The smallest absolute Gasteiger partial charge is 0.339 e. The third-order valence-electron chi connectivity index (χ3n) is 3.46. The second-order valence-electron chi connectivity index (χ2n) is 5.34. The van der Waals surface area contributed by atoms with Crippen LogP contribution in [0.1, 0.15) is 24.2 Å². The Bertz CT molecular complexity index is 776. The highest BCUT2D eigenvalue weighted by atomic mass is 79.9. The van der Waals surface area contributed by atoms with Crippen molar-refractivity contribution in [3.05, 3.63) is 52.5 Å². The molecule has 1 amide bonds. The summed E-state index contributed by atoms with van der Waals surface area (Å²) in [7, 11) is 1.49. The number of carbonyl (C=O) groups excluding carboxylic acids is 2. The van der Waals surface area contributed by atoms with Crippen molar-refractivity contribution in [3.63, 3.8) is 0 Å². The molecule has 0 saturated heterocycles. The predicted octanol–water partition coefficient (Wildman–Crippen LogP) is 4.04. The summed E-state index contributed by atoms with van der Waals surface area (Å²) < 4.78 is 16.8. The average Bonchev–Trinajstić information content (AvgIpc) is 2.64. The molecule has 0 aliphatic carbocycles. The van der Waals surface area contributed by atoms with Gasteiger partial charge in [-0.2, -0.15) is 0 Å². The molecule has 1 atom stereocenters. The first kappa shape index (κ1) is 19.8. The van der Waals surface area contributed by atoms with Crippen LogP contribution in [0.5, 0.6) is 11.5 Å². The highest BCUT2D eigenvalue weighted by molar-refractivity contribution is 9.10. The zero-order valence-electron chi connectivity index (χ0n) is 14.7. The quantitative estimate of drug-likeness (QED) is 0.682. The zero-order chi connectivity index (χ0) is 19.1. The van der Waals surface area contributed by atoms with Crippen molar-refractivity contribution >= 4 is 33.5 Å². The lowest BCUT2D eigenvalue weighted by Gasteiger charge is -2.15. The third-order valence-corrected chi connectivity index (χ3v) is 3.99. The van der Waals surface area contributed by atoms with Gasteiger partial charge in [-0.15, -0.1) is 0 Å². The van der Waals surface area contributed by atoms with Crippen LogP contribution in [-0.4, -0.2) is 31.7 Å². The lowest BCUT2D eigenvalue weighted by molar-refractivity contribution is -0.123. The molecule has 7 heteroatoms. The van der Waals surface area contributed by atoms with Crippen molar-refractivity contribution in [2.45, 2.75) is 20.0 Å². The minimum Gasteiger partial charge on any atom is -0.493 e. The topological polar surface area (TPSA) is 73.9 Å². The highest BCUT2D eigenvalue weighted by Gasteiger charge is 2.20. The maximum atomic E-state index is 12.3. The summed E-state index contributed by atoms with van der Waals surface area (Å²) in [5.41, 5.74) is 0.887. The van der Waals surface area contributed by atoms with Gasteiger partial charge in [-0.25, -0.2) is 4.79 Å². The minimum absolute atomic E-state index is 0.272. The fourth-order valence-electron chi connectivity index (χ4n) is 2.13. The number of benzene rings is 2. The van der Waals surface area contributed by atoms with Gasteiger partial charge in [-0.3, -0.25) is 4.79 Å². The van der Waals surface area contributed by atoms with Gasteiger partial charge in [0.25, 0.3) is 5.91 Å². The molecule has 0 fully saturated rings. The van der Waals surface area contributed by atoms with Crippen molar-refractivity contribution in [2.24, 2.45) is 0 Å². The maximum Gasteiger partial charge on any atom is 0.339 e. The number of esters is 1. The van der Waals surface area contributed by atoms with Crippen LogP contribution in [0.3, 0.4) is 0 Å². The molecule has 138 valence electrons. The molecule has 0 spiro atoms. The Morgan fingerprint density at radius 1 is 1.12 bits per heavy atom. The van der Waals surface area contributed by atoms with Gasteiger partial charge in [0.15, 0.2) is 17.6 Å². The van der Waals surface area contributed by atoms with Crippen LogP contribution in [0.2, 0.25) is 0 Å². The Hall–Kier alpha value is -2.54. The number of halogens is 1. The molecule has 2 rings (SSSR count). The fourth-order valence-corrected chi connectivity index (χ4v) is 2.39. The van der Waals surface area contributed by atoms with Crippen molar-refractivity contribution in [1.82, 2.24) is 0 Å². The van der Waals surface area contributed by atoms with Gasteiger partial charge < -0.3 is 19.5 Å². The van der Waals surface area contributed by atoms with Crippen LogP contribution in [-0.2, 0) is 9.53 Å². The number of hydrogen-bond acceptors (Lipinski definition) is 5. The molecule has 0 aromatic heterocycles. The number of hydrogen-bond donors (Lipinski definition) is 1. The van der Waals surface area contributed by atoms with E-state index in [1.807, 2.05) is 6.92 Å². The summed E-state index contributed by atoms with van der Waals surface area (Å²) in [5.74, 6) is -0.0794. The van der Waals surface area contributed by atoms with Crippen LogP contribution in [0.4, 0.5) is 5.69 Å². The van der Waals surface area contributed by atoms with Crippen LogP contribution in [0, 0.1) is 0 Å². The van der Waals surface area contributed by atoms with Crippen molar-refractivity contribution in [2.75, 3.05) is 19.0 Å². The van der Waals surface area contributed by atoms with E-state index in [0.29, 0.717) is 23.8 Å². The maximum absolute atomic E-state index is 12.3. The molecule has 0 aliphatic heterocycles. The molecular formula is C19H20BrNO5. The molecule has 6 nitrogen and oxygen atoms in total. The SMILES string of the molecule is CCOc1ccc(C(=O)OC(C)C(=O)Nc2ccc(Br)cc2)cc1OC. The number of amides is 1. The second kappa shape index (κ2) is 9.24. The molecule has 0 aliphatic rings. The standard InChI is InChI=1S/C19H20BrNO5/c1-4-25-16-10-5-13(11-17(16)24-3)19(23)26-12(2)18(22)21-15-8-6-14(20)7-9-15/h5-12H,4H2,1-3H3,(H,21,22). The number of rotatable bonds is 7. The lowest BCUT2D eigenvalue weighted by atomic mass is 10.2. The van der Waals surface area contributed by atoms with Crippen LogP contribution in [0.15, 0.2) is 46.9 Å². The van der Waals surface area contributed by atoms with E-state index in [4.69, 9.17) is 14.2 Å². The number of carbonyl (C=O) groups is 2. The molecule has 0 radical (unpaired) electrons. The van der Waals surface area contributed by atoms with Gasteiger partial charge >= 0.3 is 5.97 Å². The van der Waals surface area contributed by atoms with Gasteiger partial charge in [0, 0.05) is 10.2 Å². The number of nitrogens with one attached hydrogen (secondary N) is 1. The summed E-state index contributed by atoms with van der Waals surface area (Å²) in [6.07, 6.45) is -0.955. The Kier molecular flexibility index (Phi) is 7.03. The van der Waals surface area contributed by atoms with E-state index in [1.54, 1.807) is 36.4 Å². The zero-order valence-corrected chi connectivity index (χ0v) is 16.3. The third kappa shape index (κ3) is 5.23. The summed E-state index contributed by atoms with van der Waals surface area (Å²) >= 11 is 3.32. The Labute approximate surface area is 160 Å². The van der Waals surface area contributed by atoms with Gasteiger partial charge in [0.05, 0.1) is 19.3 Å². The number of methoxy groups -OCH3 is 1.